The first-order valence-electron chi connectivity index (χ1n) is 3.91. The van der Waals surface area contributed by atoms with Crippen molar-refractivity contribution in [3.63, 3.8) is 0 Å². The average molecular weight is 303 g/mol. The Morgan fingerprint density at radius 1 is 1.44 bits per heavy atom. The minimum atomic E-state index is -5.36. The van der Waals surface area contributed by atoms with Crippen LogP contribution in [0.25, 0.3) is 0 Å². The first-order valence-corrected chi connectivity index (χ1v) is 4.82. The van der Waals surface area contributed by atoms with E-state index >= 15 is 0 Å². The second-order valence-corrected chi connectivity index (χ2v) is 3.84. The first-order chi connectivity index (χ1) is 7.18. The third kappa shape index (κ3) is 2.28. The largest absolute Gasteiger partial charge is 0.461 e. The lowest BCUT2D eigenvalue weighted by Crippen LogP contribution is -2.54. The Morgan fingerprint density at radius 3 is 2.38 bits per heavy atom. The molecule has 1 aromatic rings. The Kier molecular flexibility index (Phi) is 3.46. The number of aliphatic hydroxyl groups is 2. The number of halogens is 4. The molecule has 0 amide bonds. The van der Waals surface area contributed by atoms with Crippen LogP contribution in [0.15, 0.2) is 22.8 Å². The van der Waals surface area contributed by atoms with Gasteiger partial charge in [0.25, 0.3) is 5.79 Å². The van der Waals surface area contributed by atoms with E-state index in [0.717, 1.165) is 12.3 Å². The fourth-order valence-corrected chi connectivity index (χ4v) is 1.36. The maximum atomic E-state index is 12.2. The van der Waals surface area contributed by atoms with Crippen molar-refractivity contribution < 1.29 is 32.6 Å². The van der Waals surface area contributed by atoms with Gasteiger partial charge in [0, 0.05) is 0 Å². The summed E-state index contributed by atoms with van der Waals surface area (Å²) in [6, 6.07) is 2.40. The Morgan fingerprint density at radius 2 is 2.00 bits per heavy atom. The van der Waals surface area contributed by atoms with Crippen LogP contribution in [0.4, 0.5) is 13.2 Å². The minimum Gasteiger partial charge on any atom is -0.461 e. The van der Waals surface area contributed by atoms with Crippen LogP contribution >= 0.6 is 15.9 Å². The van der Waals surface area contributed by atoms with Gasteiger partial charge in [-0.05, 0) is 12.1 Å². The topological polar surface area (TPSA) is 70.7 Å². The molecule has 0 saturated heterocycles. The number of alkyl halides is 4. The Labute approximate surface area is 95.8 Å². The number of hydrogen-bond acceptors (Lipinski definition) is 4. The summed E-state index contributed by atoms with van der Waals surface area (Å²) in [5, 5.41) is 17.6. The second-order valence-electron chi connectivity index (χ2n) is 2.93. The summed E-state index contributed by atoms with van der Waals surface area (Å²) in [5.74, 6) is -5.78. The minimum absolute atomic E-state index is 0.404. The van der Waals surface area contributed by atoms with E-state index in [1.165, 1.54) is 6.07 Å². The van der Waals surface area contributed by atoms with Gasteiger partial charge in [0.05, 0.1) is 6.26 Å². The van der Waals surface area contributed by atoms with E-state index < -0.39 is 28.3 Å². The summed E-state index contributed by atoms with van der Waals surface area (Å²) < 4.78 is 41.1. The normalized spacial score (nSPS) is 14.9. The molecule has 1 unspecified atom stereocenters. The molecule has 0 saturated carbocycles. The highest BCUT2D eigenvalue weighted by Gasteiger charge is 2.60. The number of hydrogen-bond donors (Lipinski definition) is 2. The van der Waals surface area contributed by atoms with Gasteiger partial charge < -0.3 is 14.6 Å². The second kappa shape index (κ2) is 4.19. The van der Waals surface area contributed by atoms with Crippen molar-refractivity contribution in [3.8, 4) is 0 Å². The van der Waals surface area contributed by atoms with Gasteiger partial charge in [0.1, 0.15) is 4.83 Å². The molecule has 0 aromatic carbocycles. The summed E-state index contributed by atoms with van der Waals surface area (Å²) in [6.45, 7) is 0. The van der Waals surface area contributed by atoms with Gasteiger partial charge in [-0.25, -0.2) is 0 Å². The number of carbonyl (C=O) groups is 1. The van der Waals surface area contributed by atoms with Crippen LogP contribution in [0.5, 0.6) is 0 Å². The predicted molar refractivity (Wildman–Crippen MR) is 49.0 cm³/mol. The van der Waals surface area contributed by atoms with Crippen molar-refractivity contribution in [1.29, 1.82) is 0 Å². The zero-order valence-electron chi connectivity index (χ0n) is 7.53. The third-order valence-corrected chi connectivity index (χ3v) is 2.82. The fraction of sp³-hybridized carbons (Fsp3) is 0.375. The molecular weight excluding hydrogens is 297 g/mol. The summed E-state index contributed by atoms with van der Waals surface area (Å²) in [7, 11) is 0. The highest BCUT2D eigenvalue weighted by Crippen LogP contribution is 2.35. The van der Waals surface area contributed by atoms with E-state index in [2.05, 4.69) is 20.3 Å². The average Bonchev–Trinajstić information content (AvgIpc) is 2.66. The number of carbonyl (C=O) groups excluding carboxylic acids is 1. The maximum absolute atomic E-state index is 12.2. The number of ketones is 1. The molecule has 1 aromatic heterocycles. The van der Waals surface area contributed by atoms with Crippen molar-refractivity contribution in [2.45, 2.75) is 16.8 Å². The smallest absolute Gasteiger partial charge is 0.444 e. The molecule has 1 heterocycles. The monoisotopic (exact) mass is 302 g/mol. The van der Waals surface area contributed by atoms with Gasteiger partial charge in [-0.1, -0.05) is 15.9 Å². The van der Waals surface area contributed by atoms with Crippen LogP contribution < -0.4 is 0 Å². The maximum Gasteiger partial charge on any atom is 0.444 e. The highest BCUT2D eigenvalue weighted by atomic mass is 79.9. The molecule has 90 valence electrons. The number of rotatable bonds is 3. The molecule has 0 fully saturated rings. The van der Waals surface area contributed by atoms with Crippen LogP contribution in [0.3, 0.4) is 0 Å². The lowest BCUT2D eigenvalue weighted by molar-refractivity contribution is -0.342. The summed E-state index contributed by atoms with van der Waals surface area (Å²) in [6.07, 6.45) is -4.28. The van der Waals surface area contributed by atoms with E-state index in [9.17, 15) is 18.0 Å². The van der Waals surface area contributed by atoms with E-state index in [-0.39, 0.29) is 0 Å². The number of Topliss-reactive ketones (excluding diaryl/α,β-unsaturated/α-hetero) is 1. The third-order valence-electron chi connectivity index (χ3n) is 1.76. The number of furan rings is 1. The zero-order chi connectivity index (χ0) is 12.6. The Hall–Kier alpha value is -0.860. The van der Waals surface area contributed by atoms with Crippen molar-refractivity contribution in [2.75, 3.05) is 0 Å². The summed E-state index contributed by atoms with van der Waals surface area (Å²) in [4.78, 5) is 9.08. The lowest BCUT2D eigenvalue weighted by Gasteiger charge is -2.27. The highest BCUT2D eigenvalue weighted by molar-refractivity contribution is 9.10. The standard InChI is InChI=1S/C8H6BrF3O4/c9-6(7(14,15)8(10,11)12)5(13)4-2-1-3-16-4/h1-3,6,14-15H. The van der Waals surface area contributed by atoms with E-state index in [1.807, 2.05) is 0 Å². The van der Waals surface area contributed by atoms with Crippen molar-refractivity contribution >= 4 is 21.7 Å². The van der Waals surface area contributed by atoms with E-state index in [1.54, 1.807) is 0 Å². The molecule has 0 radical (unpaired) electrons. The van der Waals surface area contributed by atoms with Crippen LogP contribution in [0.1, 0.15) is 10.6 Å². The summed E-state index contributed by atoms with van der Waals surface area (Å²) in [5.41, 5.74) is 0. The van der Waals surface area contributed by atoms with Gasteiger partial charge in [0.15, 0.2) is 5.76 Å². The molecule has 4 nitrogen and oxygen atoms in total. The van der Waals surface area contributed by atoms with Gasteiger partial charge in [-0.3, -0.25) is 4.79 Å². The quantitative estimate of drug-likeness (QED) is 0.504. The molecule has 2 N–H and O–H groups in total. The molecule has 8 heteroatoms. The molecule has 1 rings (SSSR count). The molecule has 1 atom stereocenters. The van der Waals surface area contributed by atoms with Crippen LogP contribution in [-0.2, 0) is 0 Å². The van der Waals surface area contributed by atoms with Crippen LogP contribution in [0.2, 0.25) is 0 Å². The molecule has 0 aliphatic carbocycles. The van der Waals surface area contributed by atoms with Crippen molar-refractivity contribution in [2.24, 2.45) is 0 Å². The molecule has 0 aliphatic heterocycles. The molecule has 16 heavy (non-hydrogen) atoms. The lowest BCUT2D eigenvalue weighted by atomic mass is 10.1. The predicted octanol–water partition coefficient (Wildman–Crippen LogP) is 1.47. The Balaban J connectivity index is 2.95. The van der Waals surface area contributed by atoms with Gasteiger partial charge in [-0.2, -0.15) is 13.2 Å². The van der Waals surface area contributed by atoms with Crippen molar-refractivity contribution in [1.82, 2.24) is 0 Å². The van der Waals surface area contributed by atoms with Crippen molar-refractivity contribution in [3.05, 3.63) is 24.2 Å². The molecular formula is C8H6BrF3O4. The first kappa shape index (κ1) is 13.2. The SMILES string of the molecule is O=C(c1ccco1)C(Br)C(O)(O)C(F)(F)F. The van der Waals surface area contributed by atoms with Crippen LogP contribution in [0, 0.1) is 0 Å². The fourth-order valence-electron chi connectivity index (χ4n) is 0.870. The van der Waals surface area contributed by atoms with Gasteiger partial charge >= 0.3 is 6.18 Å². The zero-order valence-corrected chi connectivity index (χ0v) is 9.12. The van der Waals surface area contributed by atoms with Gasteiger partial charge in [-0.15, -0.1) is 0 Å². The van der Waals surface area contributed by atoms with Crippen LogP contribution in [-0.4, -0.2) is 32.8 Å². The summed E-state index contributed by atoms with van der Waals surface area (Å²) >= 11 is 2.29. The molecule has 0 bridgehead atoms. The Bertz CT molecular complexity index is 371. The molecule has 0 aliphatic rings. The van der Waals surface area contributed by atoms with Gasteiger partial charge in [0.2, 0.25) is 5.78 Å². The van der Waals surface area contributed by atoms with E-state index in [4.69, 9.17) is 10.2 Å². The molecule has 0 spiro atoms. The van der Waals surface area contributed by atoms with E-state index in [0.29, 0.717) is 0 Å².